The summed E-state index contributed by atoms with van der Waals surface area (Å²) in [6, 6.07) is 0. The molecule has 2 heterocycles. The first-order chi connectivity index (χ1) is 17.1. The van der Waals surface area contributed by atoms with E-state index in [0.717, 1.165) is 58.0 Å². The van der Waals surface area contributed by atoms with E-state index in [0.29, 0.717) is 41.8 Å². The first-order valence-corrected chi connectivity index (χ1v) is 15.2. The van der Waals surface area contributed by atoms with Crippen molar-refractivity contribution >= 4 is 11.8 Å². The monoisotopic (exact) mass is 500 g/mol. The lowest BCUT2D eigenvalue weighted by atomic mass is 9.44. The molecule has 36 heavy (non-hydrogen) atoms. The summed E-state index contributed by atoms with van der Waals surface area (Å²) in [7, 11) is 0. The summed E-state index contributed by atoms with van der Waals surface area (Å²) in [5.74, 6) is 3.19. The number of ketones is 1. The van der Waals surface area contributed by atoms with Gasteiger partial charge in [-0.2, -0.15) is 0 Å². The molecule has 202 valence electrons. The maximum Gasteiger partial charge on any atom is 0.306 e. The molecule has 0 bridgehead atoms. The SMILES string of the molecule is CCCC(=O)O[C@H]1CC[C@@]2(C)[C@@H](CC[C@@H]3[C@@H]2CC(=O)[C@]2(C)[C@@H]4[C@H](C[C@@H]32)O[C@]2(CC[C@H](C)CO2)[C@H]4C)C1. The highest BCUT2D eigenvalue weighted by Gasteiger charge is 2.71. The number of esters is 1. The number of carbonyl (C=O) groups excluding carboxylic acids is 2. The van der Waals surface area contributed by atoms with Gasteiger partial charge in [-0.15, -0.1) is 0 Å². The first-order valence-electron chi connectivity index (χ1n) is 15.2. The van der Waals surface area contributed by atoms with Gasteiger partial charge >= 0.3 is 5.97 Å². The van der Waals surface area contributed by atoms with Crippen molar-refractivity contribution in [3.63, 3.8) is 0 Å². The summed E-state index contributed by atoms with van der Waals surface area (Å²) in [5.41, 5.74) is -0.0984. The summed E-state index contributed by atoms with van der Waals surface area (Å²) < 4.78 is 19.1. The second-order valence-corrected chi connectivity index (χ2v) is 14.2. The molecule has 0 aromatic carbocycles. The highest BCUT2D eigenvalue weighted by molar-refractivity contribution is 5.87. The Balaban J connectivity index is 1.21. The van der Waals surface area contributed by atoms with E-state index in [4.69, 9.17) is 14.2 Å². The number of carbonyl (C=O) groups is 2. The fraction of sp³-hybridized carbons (Fsp3) is 0.935. The lowest BCUT2D eigenvalue weighted by Crippen LogP contribution is -2.58. The topological polar surface area (TPSA) is 61.8 Å². The van der Waals surface area contributed by atoms with Gasteiger partial charge < -0.3 is 14.2 Å². The van der Waals surface area contributed by atoms with Crippen LogP contribution >= 0.6 is 0 Å². The molecule has 2 aliphatic heterocycles. The summed E-state index contributed by atoms with van der Waals surface area (Å²) in [5, 5.41) is 0. The maximum atomic E-state index is 14.2. The Bertz CT molecular complexity index is 891. The van der Waals surface area contributed by atoms with Crippen molar-refractivity contribution in [1.82, 2.24) is 0 Å². The Morgan fingerprint density at radius 1 is 1.06 bits per heavy atom. The zero-order chi connectivity index (χ0) is 25.5. The predicted octanol–water partition coefficient (Wildman–Crippen LogP) is 6.32. The molecule has 6 rings (SSSR count). The Morgan fingerprint density at radius 2 is 1.86 bits per heavy atom. The summed E-state index contributed by atoms with van der Waals surface area (Å²) in [6.07, 6.45) is 10.9. The van der Waals surface area contributed by atoms with E-state index in [1.54, 1.807) is 0 Å². The van der Waals surface area contributed by atoms with Gasteiger partial charge in [0.1, 0.15) is 11.9 Å². The van der Waals surface area contributed by atoms with E-state index in [1.165, 1.54) is 12.8 Å². The van der Waals surface area contributed by atoms with Crippen LogP contribution in [0.5, 0.6) is 0 Å². The van der Waals surface area contributed by atoms with E-state index in [1.807, 2.05) is 6.92 Å². The Kier molecular flexibility index (Phi) is 6.19. The Labute approximate surface area is 217 Å². The molecule has 4 aliphatic carbocycles. The second kappa shape index (κ2) is 8.79. The van der Waals surface area contributed by atoms with E-state index in [2.05, 4.69) is 27.7 Å². The minimum atomic E-state index is -0.468. The average molecular weight is 501 g/mol. The van der Waals surface area contributed by atoms with Crippen molar-refractivity contribution in [2.45, 2.75) is 123 Å². The minimum absolute atomic E-state index is 0.0378. The highest BCUT2D eigenvalue weighted by atomic mass is 16.7. The molecular formula is C31H48O5. The fourth-order valence-electron chi connectivity index (χ4n) is 10.5. The van der Waals surface area contributed by atoms with Crippen LogP contribution in [-0.4, -0.2) is 36.4 Å². The minimum Gasteiger partial charge on any atom is -0.462 e. The molecule has 6 aliphatic rings. The summed E-state index contributed by atoms with van der Waals surface area (Å²) in [6.45, 7) is 12.2. The molecule has 0 aromatic rings. The van der Waals surface area contributed by atoms with E-state index >= 15 is 0 Å². The van der Waals surface area contributed by atoms with Crippen molar-refractivity contribution < 1.29 is 23.8 Å². The molecular weight excluding hydrogens is 452 g/mol. The van der Waals surface area contributed by atoms with Gasteiger partial charge in [-0.3, -0.25) is 9.59 Å². The molecule has 5 heteroatoms. The first kappa shape index (κ1) is 25.3. The van der Waals surface area contributed by atoms with Crippen molar-refractivity contribution in [2.24, 2.45) is 52.3 Å². The Hall–Kier alpha value is -0.940. The summed E-state index contributed by atoms with van der Waals surface area (Å²) in [4.78, 5) is 26.3. The molecule has 0 radical (unpaired) electrons. The van der Waals surface area contributed by atoms with Crippen molar-refractivity contribution in [3.8, 4) is 0 Å². The third-order valence-corrected chi connectivity index (χ3v) is 12.5. The number of hydrogen-bond acceptors (Lipinski definition) is 5. The van der Waals surface area contributed by atoms with Gasteiger partial charge in [0.2, 0.25) is 0 Å². The van der Waals surface area contributed by atoms with Crippen LogP contribution in [0.1, 0.15) is 105 Å². The van der Waals surface area contributed by atoms with Gasteiger partial charge in [-0.1, -0.05) is 34.6 Å². The fourth-order valence-corrected chi connectivity index (χ4v) is 10.5. The molecule has 5 nitrogen and oxygen atoms in total. The van der Waals surface area contributed by atoms with Crippen LogP contribution in [0, 0.1) is 52.3 Å². The smallest absolute Gasteiger partial charge is 0.306 e. The van der Waals surface area contributed by atoms with Crippen LogP contribution in [-0.2, 0) is 23.8 Å². The zero-order valence-electron chi connectivity index (χ0n) is 23.2. The molecule has 0 unspecified atom stereocenters. The van der Waals surface area contributed by atoms with Gasteiger partial charge in [-0.05, 0) is 86.4 Å². The molecule has 6 fully saturated rings. The van der Waals surface area contributed by atoms with Crippen LogP contribution in [0.15, 0.2) is 0 Å². The average Bonchev–Trinajstić information content (AvgIpc) is 3.28. The molecule has 0 amide bonds. The van der Waals surface area contributed by atoms with Crippen molar-refractivity contribution in [2.75, 3.05) is 6.61 Å². The number of Topliss-reactive ketones (excluding diaryl/α,β-unsaturated/α-hetero) is 1. The van der Waals surface area contributed by atoms with Gasteiger partial charge in [0.05, 0.1) is 12.7 Å². The Morgan fingerprint density at radius 3 is 2.58 bits per heavy atom. The normalized spacial score (nSPS) is 53.9. The molecule has 12 atom stereocenters. The van der Waals surface area contributed by atoms with E-state index in [-0.39, 0.29) is 40.8 Å². The van der Waals surface area contributed by atoms with E-state index < -0.39 is 5.79 Å². The van der Waals surface area contributed by atoms with Gasteiger partial charge in [0.15, 0.2) is 5.79 Å². The van der Waals surface area contributed by atoms with Crippen LogP contribution in [0.2, 0.25) is 0 Å². The standard InChI is InChI=1S/C31H48O5/c1-6-7-27(33)35-21-11-12-29(4)20(14-21)8-9-22-23(29)16-26(32)30(5)24(22)15-25-28(30)19(3)31(36-25)13-10-18(2)17-34-31/h18-25,28H,6-17H2,1-5H3/t18-,19-,20-,21-,22+,23-,24-,25-,28-,29-,30+,31+/m0/s1. The van der Waals surface area contributed by atoms with Crippen LogP contribution in [0.4, 0.5) is 0 Å². The predicted molar refractivity (Wildman–Crippen MR) is 137 cm³/mol. The zero-order valence-corrected chi connectivity index (χ0v) is 23.2. The molecule has 4 saturated carbocycles. The van der Waals surface area contributed by atoms with Gasteiger partial charge in [0, 0.05) is 36.5 Å². The summed E-state index contributed by atoms with van der Waals surface area (Å²) >= 11 is 0. The number of hydrogen-bond donors (Lipinski definition) is 0. The van der Waals surface area contributed by atoms with Crippen LogP contribution in [0.3, 0.4) is 0 Å². The quantitative estimate of drug-likeness (QED) is 0.424. The van der Waals surface area contributed by atoms with Gasteiger partial charge in [0.25, 0.3) is 0 Å². The number of ether oxygens (including phenoxy) is 3. The molecule has 0 aromatic heterocycles. The van der Waals surface area contributed by atoms with Crippen molar-refractivity contribution in [3.05, 3.63) is 0 Å². The van der Waals surface area contributed by atoms with Gasteiger partial charge in [-0.25, -0.2) is 0 Å². The van der Waals surface area contributed by atoms with Crippen molar-refractivity contribution in [1.29, 1.82) is 0 Å². The lowest BCUT2D eigenvalue weighted by molar-refractivity contribution is -0.272. The van der Waals surface area contributed by atoms with Crippen LogP contribution in [0.25, 0.3) is 0 Å². The largest absolute Gasteiger partial charge is 0.462 e. The third kappa shape index (κ3) is 3.53. The van der Waals surface area contributed by atoms with E-state index in [9.17, 15) is 9.59 Å². The number of fused-ring (bicyclic) bond motifs is 7. The molecule has 2 saturated heterocycles. The number of rotatable bonds is 3. The lowest BCUT2D eigenvalue weighted by Gasteiger charge is -2.60. The van der Waals surface area contributed by atoms with Crippen LogP contribution < -0.4 is 0 Å². The second-order valence-electron chi connectivity index (χ2n) is 14.2. The molecule has 0 N–H and O–H groups in total. The molecule has 1 spiro atoms. The third-order valence-electron chi connectivity index (χ3n) is 12.5. The highest BCUT2D eigenvalue weighted by Crippen LogP contribution is 2.70. The maximum absolute atomic E-state index is 14.2.